The molecule has 1 aliphatic rings. The van der Waals surface area contributed by atoms with E-state index in [2.05, 4.69) is 20.5 Å². The van der Waals surface area contributed by atoms with Crippen molar-refractivity contribution in [2.45, 2.75) is 103 Å². The SMILES string of the molecule is CCC(=O)O[C@H]1[C@H](c2ccc3c(N)ncnn23)O[C@](C#N)(COP(=O)(N[C@@H](C)C(=O)OC(C)C)Oc2ccc(C[C@H](NC(=O)OCc3ccccc3)C(=O)OC)cc2)[C@H]1OC(=O)CC. The van der Waals surface area contributed by atoms with E-state index >= 15 is 0 Å². The highest BCUT2D eigenvalue weighted by molar-refractivity contribution is 7.52. The number of ether oxygens (including phenoxy) is 6. The number of carbonyl (C=O) groups excluding carboxylic acids is 5. The van der Waals surface area contributed by atoms with Gasteiger partial charge >= 0.3 is 37.7 Å². The van der Waals surface area contributed by atoms with Gasteiger partial charge in [0, 0.05) is 19.3 Å². The third-order valence-corrected chi connectivity index (χ3v) is 11.2. The molecule has 7 atom stereocenters. The van der Waals surface area contributed by atoms with Crippen LogP contribution in [0.2, 0.25) is 0 Å². The number of alkyl carbamates (subject to hydrolysis) is 1. The summed E-state index contributed by atoms with van der Waals surface area (Å²) >= 11 is 0. The van der Waals surface area contributed by atoms with Crippen molar-refractivity contribution < 1.29 is 66.0 Å². The van der Waals surface area contributed by atoms with Crippen molar-refractivity contribution in [2.24, 2.45) is 0 Å². The summed E-state index contributed by atoms with van der Waals surface area (Å²) in [5.74, 6) is -3.07. The Morgan fingerprint density at radius 1 is 0.953 bits per heavy atom. The zero-order valence-corrected chi connectivity index (χ0v) is 36.9. The summed E-state index contributed by atoms with van der Waals surface area (Å²) in [4.78, 5) is 68.1. The van der Waals surface area contributed by atoms with Gasteiger partial charge in [0.1, 0.15) is 55.1 Å². The number of carbonyl (C=O) groups is 5. The molecule has 342 valence electrons. The van der Waals surface area contributed by atoms with Crippen LogP contribution in [-0.4, -0.2) is 94.3 Å². The van der Waals surface area contributed by atoms with Crippen molar-refractivity contribution in [2.75, 3.05) is 19.5 Å². The number of amides is 1. The van der Waals surface area contributed by atoms with Crippen molar-refractivity contribution in [1.82, 2.24) is 25.0 Å². The molecule has 4 aromatic rings. The van der Waals surface area contributed by atoms with Crippen LogP contribution in [0.5, 0.6) is 5.75 Å². The molecule has 4 N–H and O–H groups in total. The maximum atomic E-state index is 14.8. The van der Waals surface area contributed by atoms with Gasteiger partial charge in [0.05, 0.1) is 18.9 Å². The number of methoxy groups -OCH3 is 1. The molecule has 1 unspecified atom stereocenters. The number of nitrogens with one attached hydrogen (secondary N) is 2. The molecule has 0 spiro atoms. The fourth-order valence-corrected chi connectivity index (χ4v) is 7.91. The van der Waals surface area contributed by atoms with Crippen LogP contribution in [0.1, 0.15) is 70.4 Å². The summed E-state index contributed by atoms with van der Waals surface area (Å²) in [6, 6.07) is 17.3. The lowest BCUT2D eigenvalue weighted by Gasteiger charge is -2.30. The van der Waals surface area contributed by atoms with Crippen molar-refractivity contribution in [3.8, 4) is 11.8 Å². The standard InChI is InChI=1S/C42H50N7O14P/c1-7-33(50)60-36-35(31-18-19-32-38(44)45-24-46-49(31)32)62-42(22-43,37(36)61-34(51)8-2)23-58-64(55,48-26(5)39(52)59-25(3)4)63-29-16-14-27(15-17-29)20-30(40(53)56-6)47-41(54)57-21-28-12-10-9-11-13-28/h9-19,24-26,30,35-37H,7-8,20-21,23H2,1-6H3,(H,47,54)(H,48,55)(H2,44,45,46)/t26-,30-,35-,36-,37-,42+,64?/m0/s1. The van der Waals surface area contributed by atoms with Gasteiger partial charge in [0.25, 0.3) is 0 Å². The fourth-order valence-electron chi connectivity index (χ4n) is 6.38. The number of nitrogens with two attached hydrogens (primary N) is 1. The van der Waals surface area contributed by atoms with Crippen LogP contribution in [0, 0.1) is 11.3 Å². The quantitative estimate of drug-likeness (QED) is 0.0628. The number of anilines is 1. The Morgan fingerprint density at radius 3 is 2.28 bits per heavy atom. The number of rotatable bonds is 20. The van der Waals surface area contributed by atoms with Crippen molar-refractivity contribution >= 4 is 49.1 Å². The van der Waals surface area contributed by atoms with Gasteiger partial charge in [0.2, 0.25) is 5.60 Å². The van der Waals surface area contributed by atoms with Crippen LogP contribution in [0.4, 0.5) is 10.6 Å². The first-order chi connectivity index (χ1) is 30.5. The van der Waals surface area contributed by atoms with Crippen LogP contribution < -0.4 is 20.7 Å². The van der Waals surface area contributed by atoms with Crippen LogP contribution in [-0.2, 0) is 69.7 Å². The Bertz CT molecular complexity index is 2370. The summed E-state index contributed by atoms with van der Waals surface area (Å²) in [6.07, 6.45) is -5.05. The molecule has 1 amide bonds. The summed E-state index contributed by atoms with van der Waals surface area (Å²) in [6.45, 7) is 6.64. The lowest BCUT2D eigenvalue weighted by molar-refractivity contribution is -0.169. The van der Waals surface area contributed by atoms with Crippen LogP contribution >= 0.6 is 7.75 Å². The average molecular weight is 908 g/mol. The first-order valence-corrected chi connectivity index (χ1v) is 21.7. The van der Waals surface area contributed by atoms with Crippen LogP contribution in [0.15, 0.2) is 73.1 Å². The van der Waals surface area contributed by atoms with Crippen molar-refractivity contribution in [3.63, 3.8) is 0 Å². The molecular weight excluding hydrogens is 857 g/mol. The number of hydrogen-bond donors (Lipinski definition) is 3. The molecular formula is C42H50N7O14P. The molecule has 64 heavy (non-hydrogen) atoms. The molecule has 1 fully saturated rings. The molecule has 22 heteroatoms. The minimum Gasteiger partial charge on any atom is -0.467 e. The molecule has 0 saturated carbocycles. The number of hydrogen-bond acceptors (Lipinski definition) is 18. The molecule has 1 aliphatic heterocycles. The number of aromatic nitrogens is 3. The molecule has 2 aromatic heterocycles. The number of esters is 4. The maximum absolute atomic E-state index is 14.8. The minimum absolute atomic E-state index is 0.0361. The normalized spacial score (nSPS) is 19.9. The summed E-state index contributed by atoms with van der Waals surface area (Å²) in [5, 5.41) is 20.2. The predicted molar refractivity (Wildman–Crippen MR) is 224 cm³/mol. The predicted octanol–water partition coefficient (Wildman–Crippen LogP) is 4.43. The molecule has 5 rings (SSSR count). The van der Waals surface area contributed by atoms with Gasteiger partial charge in [-0.05, 0) is 56.2 Å². The largest absolute Gasteiger partial charge is 0.467 e. The third-order valence-electron chi connectivity index (χ3n) is 9.57. The van der Waals surface area contributed by atoms with E-state index in [1.54, 1.807) is 50.2 Å². The second-order valence-electron chi connectivity index (χ2n) is 14.6. The number of benzene rings is 2. The van der Waals surface area contributed by atoms with Gasteiger partial charge in [-0.25, -0.2) is 23.7 Å². The topological polar surface area (TPSA) is 280 Å². The highest BCUT2D eigenvalue weighted by atomic mass is 31.2. The van der Waals surface area contributed by atoms with Crippen LogP contribution in [0.25, 0.3) is 5.52 Å². The molecule has 21 nitrogen and oxygen atoms in total. The van der Waals surface area contributed by atoms with Gasteiger partial charge in [-0.1, -0.05) is 56.3 Å². The molecule has 0 aliphatic carbocycles. The summed E-state index contributed by atoms with van der Waals surface area (Å²) in [7, 11) is -3.62. The first-order valence-electron chi connectivity index (χ1n) is 20.2. The van der Waals surface area contributed by atoms with E-state index in [1.807, 2.05) is 12.1 Å². The zero-order valence-electron chi connectivity index (χ0n) is 36.0. The molecule has 0 bridgehead atoms. The van der Waals surface area contributed by atoms with E-state index in [0.29, 0.717) is 11.1 Å². The van der Waals surface area contributed by atoms with Crippen molar-refractivity contribution in [3.05, 3.63) is 89.9 Å². The Balaban J connectivity index is 1.44. The molecule has 1 saturated heterocycles. The van der Waals surface area contributed by atoms with Gasteiger partial charge in [0.15, 0.2) is 18.0 Å². The Hall–Kier alpha value is -6.59. The third kappa shape index (κ3) is 12.1. The van der Waals surface area contributed by atoms with Gasteiger partial charge in [-0.2, -0.15) is 15.4 Å². The van der Waals surface area contributed by atoms with Gasteiger partial charge in [-0.15, -0.1) is 0 Å². The second-order valence-corrected chi connectivity index (χ2v) is 16.3. The average Bonchev–Trinajstić information content (AvgIpc) is 3.84. The van der Waals surface area contributed by atoms with E-state index in [4.69, 9.17) is 43.2 Å². The molecule has 2 aromatic carbocycles. The Kier molecular flexibility index (Phi) is 16.4. The highest BCUT2D eigenvalue weighted by Gasteiger charge is 2.62. The fraction of sp³-hybridized carbons (Fsp3) is 0.429. The maximum Gasteiger partial charge on any atom is 0.459 e. The Labute approximate surface area is 368 Å². The first kappa shape index (κ1) is 48.4. The molecule has 3 heterocycles. The minimum atomic E-state index is -4.78. The van der Waals surface area contributed by atoms with Crippen molar-refractivity contribution in [1.29, 1.82) is 5.26 Å². The number of nitrogen functional groups attached to an aromatic ring is 1. The van der Waals surface area contributed by atoms with E-state index in [1.165, 1.54) is 63.0 Å². The van der Waals surface area contributed by atoms with E-state index in [0.717, 1.165) is 5.56 Å². The van der Waals surface area contributed by atoms with Gasteiger partial charge in [-0.3, -0.25) is 18.9 Å². The number of fused-ring (bicyclic) bond motifs is 1. The smallest absolute Gasteiger partial charge is 0.459 e. The lowest BCUT2D eigenvalue weighted by atomic mass is 9.95. The number of nitrogens with zero attached hydrogens (tertiary/aromatic N) is 4. The Morgan fingerprint density at radius 2 is 1.64 bits per heavy atom. The van der Waals surface area contributed by atoms with E-state index < -0.39 is 86.4 Å². The second kappa shape index (κ2) is 21.7. The highest BCUT2D eigenvalue weighted by Crippen LogP contribution is 2.50. The van der Waals surface area contributed by atoms with Crippen LogP contribution in [0.3, 0.4) is 0 Å². The summed E-state index contributed by atoms with van der Waals surface area (Å²) < 4.78 is 61.4. The lowest BCUT2D eigenvalue weighted by Crippen LogP contribution is -2.49. The molecule has 0 radical (unpaired) electrons. The summed E-state index contributed by atoms with van der Waals surface area (Å²) in [5.41, 5.74) is 5.53. The van der Waals surface area contributed by atoms with E-state index in [9.17, 15) is 33.8 Å². The zero-order chi connectivity index (χ0) is 46.6. The monoisotopic (exact) mass is 907 g/mol. The number of nitriles is 1. The van der Waals surface area contributed by atoms with Gasteiger partial charge < -0.3 is 44.0 Å². The van der Waals surface area contributed by atoms with E-state index in [-0.39, 0.29) is 43.1 Å².